The molecule has 4 N–H and O–H groups in total. The van der Waals surface area contributed by atoms with Gasteiger partial charge in [0, 0.05) is 48.8 Å². The number of aromatic nitrogens is 1. The maximum Gasteiger partial charge on any atom is 0.306 e. The zero-order valence-electron chi connectivity index (χ0n) is 21.0. The largest absolute Gasteiger partial charge is 0.496 e. The second-order valence-corrected chi connectivity index (χ2v) is 9.13. The first-order valence-electron chi connectivity index (χ1n) is 12.0. The van der Waals surface area contributed by atoms with Crippen LogP contribution in [0.25, 0.3) is 11.1 Å². The monoisotopic (exact) mass is 488 g/mol. The third kappa shape index (κ3) is 5.18. The lowest BCUT2D eigenvalue weighted by atomic mass is 9.80. The van der Waals surface area contributed by atoms with Gasteiger partial charge in [-0.2, -0.15) is 0 Å². The minimum Gasteiger partial charge on any atom is -0.496 e. The molecule has 0 saturated heterocycles. The van der Waals surface area contributed by atoms with Crippen LogP contribution in [-0.2, 0) is 11.3 Å². The van der Waals surface area contributed by atoms with Gasteiger partial charge in [-0.05, 0) is 61.1 Å². The second kappa shape index (κ2) is 10.8. The average molecular weight is 489 g/mol. The summed E-state index contributed by atoms with van der Waals surface area (Å²) >= 11 is 0. The summed E-state index contributed by atoms with van der Waals surface area (Å²) in [5.74, 6) is -0.782. The molecule has 188 valence electrons. The summed E-state index contributed by atoms with van der Waals surface area (Å²) in [6.45, 7) is 4.56. The lowest BCUT2D eigenvalue weighted by molar-refractivity contribution is -0.145. The van der Waals surface area contributed by atoms with Crippen LogP contribution < -0.4 is 20.7 Å². The number of aliphatic carboxylic acids is 1. The molecule has 0 aliphatic heterocycles. The minimum absolute atomic E-state index is 0.159. The van der Waals surface area contributed by atoms with Gasteiger partial charge in [0.15, 0.2) is 0 Å². The highest BCUT2D eigenvalue weighted by atomic mass is 16.5. The quantitative estimate of drug-likeness (QED) is 0.348. The van der Waals surface area contributed by atoms with Crippen LogP contribution in [0.2, 0.25) is 0 Å². The summed E-state index contributed by atoms with van der Waals surface area (Å²) in [5.41, 5.74) is 7.11. The van der Waals surface area contributed by atoms with Gasteiger partial charge in [0.25, 0.3) is 5.91 Å². The van der Waals surface area contributed by atoms with Crippen molar-refractivity contribution in [1.82, 2.24) is 10.3 Å². The maximum absolute atomic E-state index is 13.1. The van der Waals surface area contributed by atoms with Crippen molar-refractivity contribution < 1.29 is 19.4 Å². The Labute approximate surface area is 211 Å². The summed E-state index contributed by atoms with van der Waals surface area (Å²) in [6, 6.07) is 13.8. The molecule has 36 heavy (non-hydrogen) atoms. The van der Waals surface area contributed by atoms with Gasteiger partial charge in [-0.3, -0.25) is 14.6 Å². The van der Waals surface area contributed by atoms with E-state index in [2.05, 4.69) is 40.0 Å². The number of benzene rings is 2. The highest BCUT2D eigenvalue weighted by molar-refractivity contribution is 6.04. The van der Waals surface area contributed by atoms with E-state index in [0.717, 1.165) is 39.2 Å². The number of hydrogen-bond acceptors (Lipinski definition) is 6. The first-order valence-corrected chi connectivity index (χ1v) is 12.0. The number of carbonyl (C=O) groups is 2. The van der Waals surface area contributed by atoms with E-state index >= 15 is 0 Å². The lowest BCUT2D eigenvalue weighted by Gasteiger charge is -2.33. The normalized spacial score (nSPS) is 16.7. The van der Waals surface area contributed by atoms with Crippen molar-refractivity contribution in [1.29, 1.82) is 0 Å². The van der Waals surface area contributed by atoms with Crippen LogP contribution in [0.3, 0.4) is 0 Å². The summed E-state index contributed by atoms with van der Waals surface area (Å²) in [5, 5.41) is 18.6. The Bertz CT molecular complexity index is 1280. The fraction of sp³-hybridized carbons (Fsp3) is 0.321. The molecular formula is C28H32N4O4. The smallest absolute Gasteiger partial charge is 0.306 e. The van der Waals surface area contributed by atoms with Crippen molar-refractivity contribution in [2.45, 2.75) is 39.3 Å². The van der Waals surface area contributed by atoms with E-state index in [-0.39, 0.29) is 23.6 Å². The van der Waals surface area contributed by atoms with Gasteiger partial charge >= 0.3 is 5.97 Å². The van der Waals surface area contributed by atoms with Crippen LogP contribution in [0.4, 0.5) is 11.4 Å². The standard InChI is InChI=1S/C28H32N4O4/c1-16-21(7-5-9-23(16)29-3)22-8-6-10-24(17(22)2)32-27(33)25-13-26(36-4)19(15-31-25)14-30-20-11-18(12-20)28(34)35/h5-10,13,15,18,20,29-30H,11-12,14H2,1-4H3,(H,32,33)(H,34,35). The number of carboxylic acids is 1. The van der Waals surface area contributed by atoms with Crippen LogP contribution in [0.15, 0.2) is 48.7 Å². The van der Waals surface area contributed by atoms with Crippen LogP contribution in [-0.4, -0.2) is 42.2 Å². The fourth-order valence-electron chi connectivity index (χ4n) is 4.60. The minimum atomic E-state index is -0.745. The van der Waals surface area contributed by atoms with E-state index in [1.807, 2.05) is 38.2 Å². The molecular weight excluding hydrogens is 456 g/mol. The van der Waals surface area contributed by atoms with E-state index < -0.39 is 5.97 Å². The number of hydrogen-bond donors (Lipinski definition) is 4. The zero-order valence-corrected chi connectivity index (χ0v) is 21.0. The van der Waals surface area contributed by atoms with E-state index in [9.17, 15) is 9.59 Å². The third-order valence-electron chi connectivity index (χ3n) is 6.94. The van der Waals surface area contributed by atoms with Crippen molar-refractivity contribution in [3.63, 3.8) is 0 Å². The van der Waals surface area contributed by atoms with Crippen molar-refractivity contribution in [2.75, 3.05) is 24.8 Å². The molecule has 8 nitrogen and oxygen atoms in total. The summed E-state index contributed by atoms with van der Waals surface area (Å²) in [6.07, 6.45) is 2.86. The van der Waals surface area contributed by atoms with Crippen molar-refractivity contribution in [3.8, 4) is 16.9 Å². The number of carboxylic acid groups (broad SMARTS) is 1. The molecule has 0 bridgehead atoms. The maximum atomic E-state index is 13.1. The van der Waals surface area contributed by atoms with Crippen LogP contribution in [0.5, 0.6) is 5.75 Å². The predicted molar refractivity (Wildman–Crippen MR) is 141 cm³/mol. The number of nitrogens with zero attached hydrogens (tertiary/aromatic N) is 1. The number of nitrogens with one attached hydrogen (secondary N) is 3. The molecule has 0 spiro atoms. The molecule has 1 saturated carbocycles. The SMILES string of the molecule is CNc1cccc(-c2cccc(NC(=O)c3cc(OC)c(CNC4CC(C(=O)O)C4)cn3)c2C)c1C. The summed E-state index contributed by atoms with van der Waals surface area (Å²) in [7, 11) is 3.46. The first kappa shape index (κ1) is 25.2. The van der Waals surface area contributed by atoms with Crippen molar-refractivity contribution >= 4 is 23.3 Å². The molecule has 1 fully saturated rings. The van der Waals surface area contributed by atoms with Gasteiger partial charge in [0.2, 0.25) is 0 Å². The van der Waals surface area contributed by atoms with Crippen LogP contribution in [0.1, 0.15) is 40.0 Å². The molecule has 4 rings (SSSR count). The average Bonchev–Trinajstić information content (AvgIpc) is 2.84. The summed E-state index contributed by atoms with van der Waals surface area (Å²) in [4.78, 5) is 28.4. The van der Waals surface area contributed by atoms with Crippen LogP contribution >= 0.6 is 0 Å². The third-order valence-corrected chi connectivity index (χ3v) is 6.94. The molecule has 2 aromatic carbocycles. The highest BCUT2D eigenvalue weighted by Gasteiger charge is 2.34. The molecule has 8 heteroatoms. The first-order chi connectivity index (χ1) is 17.3. The van der Waals surface area contributed by atoms with Gasteiger partial charge in [0.05, 0.1) is 13.0 Å². The number of anilines is 2. The Morgan fingerprint density at radius 3 is 2.31 bits per heavy atom. The number of pyridine rings is 1. The van der Waals surface area contributed by atoms with Gasteiger partial charge in [0.1, 0.15) is 11.4 Å². The Morgan fingerprint density at radius 2 is 1.69 bits per heavy atom. The van der Waals surface area contributed by atoms with Gasteiger partial charge in [-0.1, -0.05) is 24.3 Å². The van der Waals surface area contributed by atoms with E-state index in [4.69, 9.17) is 9.84 Å². The van der Waals surface area contributed by atoms with Crippen molar-refractivity contribution in [2.24, 2.45) is 5.92 Å². The summed E-state index contributed by atoms with van der Waals surface area (Å²) < 4.78 is 5.51. The molecule has 3 aromatic rings. The molecule has 1 aliphatic carbocycles. The van der Waals surface area contributed by atoms with E-state index in [1.54, 1.807) is 19.4 Å². The molecule has 1 aromatic heterocycles. The Balaban J connectivity index is 1.48. The zero-order chi connectivity index (χ0) is 25.8. The molecule has 1 amide bonds. The number of ether oxygens (including phenoxy) is 1. The molecule has 0 radical (unpaired) electrons. The topological polar surface area (TPSA) is 113 Å². The molecule has 0 atom stereocenters. The second-order valence-electron chi connectivity index (χ2n) is 9.13. The molecule has 1 heterocycles. The number of carbonyl (C=O) groups excluding carboxylic acids is 1. The Hall–Kier alpha value is -3.91. The molecule has 1 aliphatic rings. The van der Waals surface area contributed by atoms with Gasteiger partial charge in [-0.15, -0.1) is 0 Å². The van der Waals surface area contributed by atoms with E-state index in [0.29, 0.717) is 25.1 Å². The van der Waals surface area contributed by atoms with Crippen molar-refractivity contribution in [3.05, 3.63) is 71.0 Å². The number of methoxy groups -OCH3 is 1. The number of amides is 1. The lowest BCUT2D eigenvalue weighted by Crippen LogP contribution is -2.43. The highest BCUT2D eigenvalue weighted by Crippen LogP contribution is 2.34. The van der Waals surface area contributed by atoms with E-state index in [1.165, 1.54) is 0 Å². The van der Waals surface area contributed by atoms with Gasteiger partial charge < -0.3 is 25.8 Å². The van der Waals surface area contributed by atoms with Crippen LogP contribution in [0, 0.1) is 19.8 Å². The molecule has 0 unspecified atom stereocenters. The Morgan fingerprint density at radius 1 is 1.06 bits per heavy atom. The van der Waals surface area contributed by atoms with Gasteiger partial charge in [-0.25, -0.2) is 0 Å². The number of rotatable bonds is 9. The fourth-order valence-corrected chi connectivity index (χ4v) is 4.60. The Kier molecular flexibility index (Phi) is 7.55. The predicted octanol–water partition coefficient (Wildman–Crippen LogP) is 4.62.